The Labute approximate surface area is 96.2 Å². The molecule has 0 aromatic heterocycles. The summed E-state index contributed by atoms with van der Waals surface area (Å²) >= 11 is 0. The summed E-state index contributed by atoms with van der Waals surface area (Å²) in [6.07, 6.45) is 7.74. The van der Waals surface area contributed by atoms with Crippen molar-refractivity contribution in [2.24, 2.45) is 0 Å². The van der Waals surface area contributed by atoms with E-state index in [1.807, 2.05) is 30.3 Å². The maximum absolute atomic E-state index is 11.4. The summed E-state index contributed by atoms with van der Waals surface area (Å²) in [6, 6.07) is 9.18. The van der Waals surface area contributed by atoms with E-state index in [0.717, 1.165) is 24.9 Å². The molecular weight excluding hydrogens is 200 g/mol. The van der Waals surface area contributed by atoms with E-state index in [1.54, 1.807) is 0 Å². The molecule has 0 bridgehead atoms. The van der Waals surface area contributed by atoms with E-state index in [0.29, 0.717) is 6.54 Å². The van der Waals surface area contributed by atoms with Crippen LogP contribution in [0.4, 0.5) is 10.5 Å². The van der Waals surface area contributed by atoms with Gasteiger partial charge in [0.1, 0.15) is 0 Å². The van der Waals surface area contributed by atoms with Crippen molar-refractivity contribution in [1.82, 2.24) is 5.32 Å². The summed E-state index contributed by atoms with van der Waals surface area (Å²) in [5.74, 6) is 2.57. The van der Waals surface area contributed by atoms with Gasteiger partial charge in [0.15, 0.2) is 0 Å². The van der Waals surface area contributed by atoms with Crippen LogP contribution in [0.3, 0.4) is 0 Å². The first-order valence-corrected chi connectivity index (χ1v) is 5.36. The zero-order chi connectivity index (χ0) is 11.6. The third-order valence-corrected chi connectivity index (χ3v) is 2.07. The summed E-state index contributed by atoms with van der Waals surface area (Å²) in [6.45, 7) is 0.653. The van der Waals surface area contributed by atoms with Crippen molar-refractivity contribution in [3.05, 3.63) is 30.3 Å². The Kier molecular flexibility index (Phi) is 5.57. The molecule has 1 rings (SSSR count). The number of nitrogens with one attached hydrogen (secondary N) is 2. The molecule has 0 aliphatic heterocycles. The summed E-state index contributed by atoms with van der Waals surface area (Å²) in [4.78, 5) is 11.4. The second-order valence-electron chi connectivity index (χ2n) is 3.41. The van der Waals surface area contributed by atoms with Gasteiger partial charge in [0.05, 0.1) is 0 Å². The monoisotopic (exact) mass is 216 g/mol. The van der Waals surface area contributed by atoms with Crippen LogP contribution in [0.1, 0.15) is 19.3 Å². The van der Waals surface area contributed by atoms with Crippen LogP contribution in [-0.4, -0.2) is 12.6 Å². The molecular formula is C13H16N2O. The predicted octanol–water partition coefficient (Wildman–Crippen LogP) is 2.61. The second-order valence-corrected chi connectivity index (χ2v) is 3.41. The van der Waals surface area contributed by atoms with E-state index in [-0.39, 0.29) is 6.03 Å². The minimum atomic E-state index is -0.174. The lowest BCUT2D eigenvalue weighted by atomic mass is 10.2. The Morgan fingerprint density at radius 1 is 1.25 bits per heavy atom. The Balaban J connectivity index is 2.15. The van der Waals surface area contributed by atoms with Crippen molar-refractivity contribution in [1.29, 1.82) is 0 Å². The fraction of sp³-hybridized carbons (Fsp3) is 0.308. The van der Waals surface area contributed by atoms with Gasteiger partial charge in [-0.25, -0.2) is 4.79 Å². The topological polar surface area (TPSA) is 41.1 Å². The molecule has 16 heavy (non-hydrogen) atoms. The van der Waals surface area contributed by atoms with Gasteiger partial charge < -0.3 is 10.6 Å². The van der Waals surface area contributed by atoms with Gasteiger partial charge in [0, 0.05) is 18.7 Å². The standard InChI is InChI=1S/C13H16N2O/c1-2-3-4-8-11-14-13(16)15-12-9-6-5-7-10-12/h1,5-7,9-10H,3-4,8,11H2,(H2,14,15,16). The normalized spacial score (nSPS) is 9.19. The van der Waals surface area contributed by atoms with Crippen molar-refractivity contribution in [3.8, 4) is 12.3 Å². The number of amides is 2. The molecule has 1 aromatic rings. The lowest BCUT2D eigenvalue weighted by Crippen LogP contribution is -2.29. The van der Waals surface area contributed by atoms with Gasteiger partial charge >= 0.3 is 6.03 Å². The number of hydrogen-bond acceptors (Lipinski definition) is 1. The number of unbranched alkanes of at least 4 members (excludes halogenated alkanes) is 2. The largest absolute Gasteiger partial charge is 0.338 e. The average molecular weight is 216 g/mol. The quantitative estimate of drug-likeness (QED) is 0.576. The number of para-hydroxylation sites is 1. The third kappa shape index (κ3) is 5.06. The van der Waals surface area contributed by atoms with Crippen molar-refractivity contribution in [3.63, 3.8) is 0 Å². The van der Waals surface area contributed by atoms with Gasteiger partial charge in [-0.05, 0) is 25.0 Å². The van der Waals surface area contributed by atoms with Crippen LogP contribution < -0.4 is 10.6 Å². The lowest BCUT2D eigenvalue weighted by molar-refractivity contribution is 0.252. The SMILES string of the molecule is C#CCCCCNC(=O)Nc1ccccc1. The highest BCUT2D eigenvalue weighted by Gasteiger charge is 1.98. The van der Waals surface area contributed by atoms with E-state index in [2.05, 4.69) is 16.6 Å². The van der Waals surface area contributed by atoms with Gasteiger partial charge in [-0.3, -0.25) is 0 Å². The van der Waals surface area contributed by atoms with Crippen LogP contribution in [0.2, 0.25) is 0 Å². The number of urea groups is 1. The van der Waals surface area contributed by atoms with E-state index < -0.39 is 0 Å². The first kappa shape index (κ1) is 12.1. The number of hydrogen-bond donors (Lipinski definition) is 2. The number of rotatable bonds is 5. The molecule has 0 radical (unpaired) electrons. The number of anilines is 1. The Morgan fingerprint density at radius 2 is 2.00 bits per heavy atom. The number of benzene rings is 1. The average Bonchev–Trinajstić information content (AvgIpc) is 2.30. The molecule has 0 spiro atoms. The molecule has 0 saturated carbocycles. The smallest absolute Gasteiger partial charge is 0.319 e. The van der Waals surface area contributed by atoms with Gasteiger partial charge in [-0.15, -0.1) is 12.3 Å². The Morgan fingerprint density at radius 3 is 2.69 bits per heavy atom. The van der Waals surface area contributed by atoms with E-state index in [4.69, 9.17) is 6.42 Å². The molecule has 84 valence electrons. The summed E-state index contributed by atoms with van der Waals surface area (Å²) < 4.78 is 0. The zero-order valence-electron chi connectivity index (χ0n) is 9.20. The van der Waals surface area contributed by atoms with Crippen molar-refractivity contribution >= 4 is 11.7 Å². The van der Waals surface area contributed by atoms with Crippen LogP contribution in [0.25, 0.3) is 0 Å². The fourth-order valence-corrected chi connectivity index (χ4v) is 1.25. The molecule has 0 atom stereocenters. The van der Waals surface area contributed by atoms with Crippen LogP contribution in [0, 0.1) is 12.3 Å². The molecule has 0 aliphatic rings. The Bertz CT molecular complexity index is 354. The van der Waals surface area contributed by atoms with Crippen LogP contribution in [-0.2, 0) is 0 Å². The highest BCUT2D eigenvalue weighted by Crippen LogP contribution is 2.04. The van der Waals surface area contributed by atoms with Gasteiger partial charge in [0.2, 0.25) is 0 Å². The van der Waals surface area contributed by atoms with Crippen LogP contribution in [0.15, 0.2) is 30.3 Å². The van der Waals surface area contributed by atoms with E-state index in [1.165, 1.54) is 0 Å². The van der Waals surface area contributed by atoms with E-state index >= 15 is 0 Å². The highest BCUT2D eigenvalue weighted by molar-refractivity contribution is 5.89. The summed E-state index contributed by atoms with van der Waals surface area (Å²) in [5, 5.41) is 5.51. The van der Waals surface area contributed by atoms with Crippen LogP contribution >= 0.6 is 0 Å². The van der Waals surface area contributed by atoms with Gasteiger partial charge in [-0.2, -0.15) is 0 Å². The Hall–Kier alpha value is -1.95. The van der Waals surface area contributed by atoms with Crippen LogP contribution in [0.5, 0.6) is 0 Å². The number of carbonyl (C=O) groups excluding carboxylic acids is 1. The van der Waals surface area contributed by atoms with Gasteiger partial charge in [0.25, 0.3) is 0 Å². The summed E-state index contributed by atoms with van der Waals surface area (Å²) in [7, 11) is 0. The first-order chi connectivity index (χ1) is 7.83. The molecule has 0 fully saturated rings. The van der Waals surface area contributed by atoms with Gasteiger partial charge in [-0.1, -0.05) is 18.2 Å². The minimum Gasteiger partial charge on any atom is -0.338 e. The molecule has 3 heteroatoms. The van der Waals surface area contributed by atoms with Crippen molar-refractivity contribution in [2.45, 2.75) is 19.3 Å². The third-order valence-electron chi connectivity index (χ3n) is 2.07. The zero-order valence-corrected chi connectivity index (χ0v) is 9.20. The molecule has 0 unspecified atom stereocenters. The second kappa shape index (κ2) is 7.36. The first-order valence-electron chi connectivity index (χ1n) is 5.36. The predicted molar refractivity (Wildman–Crippen MR) is 66.1 cm³/mol. The lowest BCUT2D eigenvalue weighted by Gasteiger charge is -2.06. The van der Waals surface area contributed by atoms with E-state index in [9.17, 15) is 4.79 Å². The fourth-order valence-electron chi connectivity index (χ4n) is 1.25. The summed E-state index contributed by atoms with van der Waals surface area (Å²) in [5.41, 5.74) is 0.795. The maximum Gasteiger partial charge on any atom is 0.319 e. The number of carbonyl (C=O) groups is 1. The molecule has 2 amide bonds. The molecule has 0 aliphatic carbocycles. The van der Waals surface area contributed by atoms with Crippen molar-refractivity contribution in [2.75, 3.05) is 11.9 Å². The molecule has 1 aromatic carbocycles. The molecule has 3 nitrogen and oxygen atoms in total. The molecule has 0 heterocycles. The minimum absolute atomic E-state index is 0.174. The molecule has 0 saturated heterocycles. The number of terminal acetylenes is 1. The van der Waals surface area contributed by atoms with Crippen molar-refractivity contribution < 1.29 is 4.79 Å². The highest BCUT2D eigenvalue weighted by atomic mass is 16.2. The maximum atomic E-state index is 11.4. The molecule has 2 N–H and O–H groups in total.